The highest BCUT2D eigenvalue weighted by Gasteiger charge is 2.49. The fraction of sp³-hybridized carbons (Fsp3) is 0.476. The fourth-order valence-electron chi connectivity index (χ4n) is 4.27. The van der Waals surface area contributed by atoms with E-state index < -0.39 is 18.6 Å². The summed E-state index contributed by atoms with van der Waals surface area (Å²) in [5, 5.41) is 30.0. The van der Waals surface area contributed by atoms with Crippen LogP contribution in [0.15, 0.2) is 42.5 Å². The molecule has 0 aromatic heterocycles. The Hall–Kier alpha value is -1.51. The normalized spacial score (nSPS) is 19.6. The quantitative estimate of drug-likeness (QED) is 0.340. The molecule has 0 saturated heterocycles. The van der Waals surface area contributed by atoms with E-state index in [0.717, 1.165) is 18.5 Å². The van der Waals surface area contributed by atoms with Crippen LogP contribution in [-0.2, 0) is 4.79 Å². The number of hydrogen-bond donors (Lipinski definition) is 4. The van der Waals surface area contributed by atoms with Crippen molar-refractivity contribution in [3.8, 4) is 0 Å². The first-order chi connectivity index (χ1) is 13.3. The average molecular weight is 457 g/mol. The topological polar surface area (TPSA) is 107 Å². The van der Waals surface area contributed by atoms with Crippen molar-refractivity contribution < 1.29 is 19.9 Å². The number of carboxylic acid groups (broad SMARTS) is 1. The van der Waals surface area contributed by atoms with Gasteiger partial charge in [0.25, 0.3) is 0 Å². The highest BCUT2D eigenvalue weighted by atomic mass is 35.5. The molecule has 1 atom stereocenters. The van der Waals surface area contributed by atoms with E-state index in [9.17, 15) is 9.90 Å². The van der Waals surface area contributed by atoms with Gasteiger partial charge < -0.3 is 25.8 Å². The van der Waals surface area contributed by atoms with Crippen LogP contribution in [0.4, 0.5) is 5.69 Å². The number of carbonyl (C=O) groups is 1. The van der Waals surface area contributed by atoms with Gasteiger partial charge >= 0.3 is 13.1 Å². The molecule has 3 rings (SSSR count). The van der Waals surface area contributed by atoms with Crippen LogP contribution in [0.1, 0.15) is 32.1 Å². The highest BCUT2D eigenvalue weighted by Crippen LogP contribution is 2.42. The molecule has 5 N–H and O–H groups in total. The van der Waals surface area contributed by atoms with E-state index in [1.807, 2.05) is 18.2 Å². The Kier molecular flexibility index (Phi) is 9.91. The lowest BCUT2D eigenvalue weighted by Crippen LogP contribution is -2.61. The summed E-state index contributed by atoms with van der Waals surface area (Å²) in [6, 6.07) is 14.8. The first kappa shape index (κ1) is 26.5. The number of fused-ring (bicyclic) bond motifs is 1. The molecular formula is C21H31BCl2N2O4. The van der Waals surface area contributed by atoms with Crippen molar-refractivity contribution in [3.05, 3.63) is 42.5 Å². The third-order valence-corrected chi connectivity index (χ3v) is 6.24. The predicted octanol–water partition coefficient (Wildman–Crippen LogP) is 3.32. The zero-order valence-electron chi connectivity index (χ0n) is 17.1. The van der Waals surface area contributed by atoms with Crippen LogP contribution >= 0.6 is 24.8 Å². The van der Waals surface area contributed by atoms with E-state index in [-0.39, 0.29) is 43.1 Å². The molecule has 0 radical (unpaired) electrons. The van der Waals surface area contributed by atoms with E-state index in [1.54, 1.807) is 0 Å². The molecular weight excluding hydrogens is 426 g/mol. The average Bonchev–Trinajstić information content (AvgIpc) is 2.63. The standard InChI is InChI=1S/C21H29BN2O4.2ClH/c1-24(19-10-6-8-15-7-2-3-9-18(15)19)17-13-16(14-17)21(23,20(25)26)11-4-5-12-22(27)28;;/h2-3,6-10,16-17,27-28H,4-5,11-14,23H2,1H3,(H,25,26);2*1H. The lowest BCUT2D eigenvalue weighted by atomic mass is 9.65. The van der Waals surface area contributed by atoms with Gasteiger partial charge in [-0.3, -0.25) is 4.79 Å². The maximum Gasteiger partial charge on any atom is 0.451 e. The molecule has 166 valence electrons. The van der Waals surface area contributed by atoms with Crippen LogP contribution in [0, 0.1) is 5.92 Å². The van der Waals surface area contributed by atoms with Gasteiger partial charge in [-0.15, -0.1) is 24.8 Å². The molecule has 6 nitrogen and oxygen atoms in total. The van der Waals surface area contributed by atoms with Crippen LogP contribution in [-0.4, -0.2) is 46.9 Å². The Morgan fingerprint density at radius 1 is 1.13 bits per heavy atom. The van der Waals surface area contributed by atoms with Crippen molar-refractivity contribution in [1.82, 2.24) is 0 Å². The maximum atomic E-state index is 11.9. The Morgan fingerprint density at radius 2 is 1.77 bits per heavy atom. The second kappa shape index (κ2) is 11.2. The minimum atomic E-state index is -1.35. The number of anilines is 1. The van der Waals surface area contributed by atoms with Gasteiger partial charge in [0.2, 0.25) is 0 Å². The third-order valence-electron chi connectivity index (χ3n) is 6.24. The Labute approximate surface area is 190 Å². The number of halogens is 2. The smallest absolute Gasteiger partial charge is 0.451 e. The third kappa shape index (κ3) is 5.59. The van der Waals surface area contributed by atoms with Crippen molar-refractivity contribution in [2.75, 3.05) is 11.9 Å². The Bertz CT molecular complexity index is 830. The summed E-state index contributed by atoms with van der Waals surface area (Å²) in [6.45, 7) is 0. The number of unbranched alkanes of at least 4 members (excludes halogenated alkanes) is 1. The molecule has 9 heteroatoms. The number of rotatable bonds is 9. The first-order valence-electron chi connectivity index (χ1n) is 9.92. The van der Waals surface area contributed by atoms with Crippen molar-refractivity contribution in [2.45, 2.75) is 50.0 Å². The molecule has 2 aromatic carbocycles. The van der Waals surface area contributed by atoms with Crippen LogP contribution in [0.5, 0.6) is 0 Å². The molecule has 2 aromatic rings. The molecule has 0 amide bonds. The van der Waals surface area contributed by atoms with Gasteiger partial charge in [0.1, 0.15) is 5.54 Å². The van der Waals surface area contributed by atoms with E-state index in [0.29, 0.717) is 19.3 Å². The van der Waals surface area contributed by atoms with Gasteiger partial charge in [-0.05, 0) is 43.0 Å². The minimum Gasteiger partial charge on any atom is -0.480 e. The van der Waals surface area contributed by atoms with Gasteiger partial charge in [0.15, 0.2) is 0 Å². The maximum absolute atomic E-state index is 11.9. The summed E-state index contributed by atoms with van der Waals surface area (Å²) in [4.78, 5) is 14.1. The van der Waals surface area contributed by atoms with E-state index >= 15 is 0 Å². The summed E-state index contributed by atoms with van der Waals surface area (Å²) >= 11 is 0. The van der Waals surface area contributed by atoms with Crippen LogP contribution in [0.2, 0.25) is 6.32 Å². The minimum absolute atomic E-state index is 0. The second-order valence-corrected chi connectivity index (χ2v) is 8.00. The number of nitrogens with zero attached hydrogens (tertiary/aromatic N) is 1. The summed E-state index contributed by atoms with van der Waals surface area (Å²) < 4.78 is 0. The molecule has 0 spiro atoms. The zero-order chi connectivity index (χ0) is 20.3. The van der Waals surface area contributed by atoms with E-state index in [1.165, 1.54) is 10.8 Å². The number of benzene rings is 2. The van der Waals surface area contributed by atoms with Crippen molar-refractivity contribution in [1.29, 1.82) is 0 Å². The monoisotopic (exact) mass is 456 g/mol. The Balaban J connectivity index is 0.00000225. The van der Waals surface area contributed by atoms with Gasteiger partial charge in [-0.25, -0.2) is 0 Å². The Morgan fingerprint density at radius 3 is 2.40 bits per heavy atom. The summed E-state index contributed by atoms with van der Waals surface area (Å²) in [7, 11) is 0.712. The lowest BCUT2D eigenvalue weighted by Gasteiger charge is -2.48. The van der Waals surface area contributed by atoms with Gasteiger partial charge in [0, 0.05) is 24.2 Å². The summed E-state index contributed by atoms with van der Waals surface area (Å²) in [5.74, 6) is -1.04. The fourth-order valence-corrected chi connectivity index (χ4v) is 4.27. The number of nitrogens with two attached hydrogens (primary N) is 1. The van der Waals surface area contributed by atoms with E-state index in [2.05, 4.69) is 36.2 Å². The molecule has 0 aliphatic heterocycles. The van der Waals surface area contributed by atoms with E-state index in [4.69, 9.17) is 15.8 Å². The number of hydrogen-bond acceptors (Lipinski definition) is 5. The van der Waals surface area contributed by atoms with Crippen molar-refractivity contribution in [2.24, 2.45) is 11.7 Å². The molecule has 0 bridgehead atoms. The van der Waals surface area contributed by atoms with Gasteiger partial charge in [0.05, 0.1) is 0 Å². The van der Waals surface area contributed by atoms with Crippen LogP contribution in [0.3, 0.4) is 0 Å². The molecule has 1 aliphatic rings. The molecule has 1 saturated carbocycles. The lowest BCUT2D eigenvalue weighted by molar-refractivity contribution is -0.147. The zero-order valence-corrected chi connectivity index (χ0v) is 18.7. The largest absolute Gasteiger partial charge is 0.480 e. The SMILES string of the molecule is CN(c1cccc2ccccc12)C1CC(C(N)(CCCCB(O)O)C(=O)O)C1.Cl.Cl. The molecule has 30 heavy (non-hydrogen) atoms. The molecule has 0 heterocycles. The molecule has 1 fully saturated rings. The van der Waals surface area contributed by atoms with Crippen molar-refractivity contribution >= 4 is 54.4 Å². The molecule has 1 unspecified atom stereocenters. The predicted molar refractivity (Wildman–Crippen MR) is 127 cm³/mol. The highest BCUT2D eigenvalue weighted by molar-refractivity contribution is 6.40. The summed E-state index contributed by atoms with van der Waals surface area (Å²) in [6.07, 6.45) is 3.20. The number of carboxylic acids is 1. The molecule has 1 aliphatic carbocycles. The first-order valence-corrected chi connectivity index (χ1v) is 9.92. The second-order valence-electron chi connectivity index (χ2n) is 8.00. The van der Waals surface area contributed by atoms with Crippen LogP contribution < -0.4 is 10.6 Å². The van der Waals surface area contributed by atoms with Crippen LogP contribution in [0.25, 0.3) is 10.8 Å². The van der Waals surface area contributed by atoms with Crippen molar-refractivity contribution in [3.63, 3.8) is 0 Å². The summed E-state index contributed by atoms with van der Waals surface area (Å²) in [5.41, 5.74) is 6.21. The van der Waals surface area contributed by atoms with Gasteiger partial charge in [-0.2, -0.15) is 0 Å². The number of aliphatic carboxylic acids is 1. The van der Waals surface area contributed by atoms with Gasteiger partial charge in [-0.1, -0.05) is 49.2 Å².